The molecule has 11 nitrogen and oxygen atoms in total. The molecule has 3 aliphatic rings. The van der Waals surface area contributed by atoms with Crippen LogP contribution in [0, 0.1) is 35.0 Å². The lowest BCUT2D eigenvalue weighted by molar-refractivity contribution is -0.271. The van der Waals surface area contributed by atoms with Gasteiger partial charge in [0.1, 0.15) is 41.5 Å². The van der Waals surface area contributed by atoms with E-state index < -0.39 is 70.1 Å². The summed E-state index contributed by atoms with van der Waals surface area (Å²) in [6.07, 6.45) is 6.87. The van der Waals surface area contributed by atoms with Crippen LogP contribution in [0.3, 0.4) is 0 Å². The molecule has 2 saturated carbocycles. The highest BCUT2D eigenvalue weighted by atomic mass is 16.6. The third-order valence-electron chi connectivity index (χ3n) is 10.2. The minimum Gasteiger partial charge on any atom is -0.482 e. The van der Waals surface area contributed by atoms with Gasteiger partial charge in [0.15, 0.2) is 0 Å². The number of aromatic nitrogens is 1. The molecule has 45 heavy (non-hydrogen) atoms. The van der Waals surface area contributed by atoms with Gasteiger partial charge in [0.25, 0.3) is 0 Å². The van der Waals surface area contributed by atoms with E-state index in [2.05, 4.69) is 10.9 Å². The van der Waals surface area contributed by atoms with E-state index in [-0.39, 0.29) is 42.9 Å². The minimum atomic E-state index is -1.37. The van der Waals surface area contributed by atoms with Crippen LogP contribution in [0.1, 0.15) is 78.4 Å². The van der Waals surface area contributed by atoms with E-state index >= 15 is 0 Å². The molecular formula is C34H39NO10. The van der Waals surface area contributed by atoms with Crippen LogP contribution in [0.2, 0.25) is 0 Å². The number of esters is 3. The van der Waals surface area contributed by atoms with Crippen molar-refractivity contribution in [3.63, 3.8) is 0 Å². The molecule has 1 aliphatic heterocycles. The summed E-state index contributed by atoms with van der Waals surface area (Å²) in [6, 6.07) is 4.98. The van der Waals surface area contributed by atoms with Crippen molar-refractivity contribution in [2.24, 2.45) is 22.7 Å². The molecule has 2 aromatic heterocycles. The summed E-state index contributed by atoms with van der Waals surface area (Å²) in [7, 11) is 0. The highest BCUT2D eigenvalue weighted by Crippen LogP contribution is 2.67. The molecule has 11 heteroatoms. The molecule has 2 aromatic rings. The van der Waals surface area contributed by atoms with E-state index in [0.717, 1.165) is 0 Å². The number of hydrogen-bond donors (Lipinski definition) is 1. The zero-order chi connectivity index (χ0) is 32.7. The van der Waals surface area contributed by atoms with Crippen LogP contribution < -0.4 is 10.4 Å². The van der Waals surface area contributed by atoms with Gasteiger partial charge in [-0.3, -0.25) is 19.4 Å². The van der Waals surface area contributed by atoms with Crippen LogP contribution in [0.15, 0.2) is 39.8 Å². The molecule has 2 fully saturated rings. The summed E-state index contributed by atoms with van der Waals surface area (Å²) in [5.41, 5.74) is -3.27. The normalized spacial score (nSPS) is 33.2. The molecule has 0 radical (unpaired) electrons. The Morgan fingerprint density at radius 3 is 2.56 bits per heavy atom. The number of ether oxygens (including phenoxy) is 4. The Morgan fingerprint density at radius 1 is 1.16 bits per heavy atom. The highest BCUT2D eigenvalue weighted by molar-refractivity contribution is 5.70. The van der Waals surface area contributed by atoms with Gasteiger partial charge < -0.3 is 28.5 Å². The Balaban J connectivity index is 1.66. The van der Waals surface area contributed by atoms with Crippen LogP contribution in [0.4, 0.5) is 0 Å². The number of aliphatic hydroxyl groups excluding tert-OH is 1. The number of nitrogens with zero attached hydrogens (tertiary/aromatic N) is 1. The first-order valence-electron chi connectivity index (χ1n) is 15.1. The number of carbonyl (C=O) groups excluding carboxylic acids is 3. The maximum Gasteiger partial charge on any atom is 0.345 e. The number of rotatable bonds is 7. The van der Waals surface area contributed by atoms with Gasteiger partial charge in [0.05, 0.1) is 12.5 Å². The second-order valence-electron chi connectivity index (χ2n) is 13.0. The van der Waals surface area contributed by atoms with E-state index in [0.29, 0.717) is 18.4 Å². The fourth-order valence-electron chi connectivity index (χ4n) is 8.23. The predicted octanol–water partition coefficient (Wildman–Crippen LogP) is 4.15. The number of pyridine rings is 1. The van der Waals surface area contributed by atoms with Gasteiger partial charge in [0, 0.05) is 55.6 Å². The first-order valence-corrected chi connectivity index (χ1v) is 15.1. The second kappa shape index (κ2) is 12.0. The van der Waals surface area contributed by atoms with Crippen molar-refractivity contribution in [3.8, 4) is 29.4 Å². The largest absolute Gasteiger partial charge is 0.482 e. The molecule has 5 rings (SSSR count). The lowest BCUT2D eigenvalue weighted by Gasteiger charge is -2.66. The Bertz CT molecular complexity index is 1580. The van der Waals surface area contributed by atoms with Crippen molar-refractivity contribution in [2.45, 2.75) is 90.6 Å². The van der Waals surface area contributed by atoms with Crippen LogP contribution in [0.5, 0.6) is 5.75 Å². The van der Waals surface area contributed by atoms with Crippen LogP contribution >= 0.6 is 0 Å². The number of fused-ring (bicyclic) bond motifs is 4. The molecule has 0 saturated heterocycles. The zero-order valence-electron chi connectivity index (χ0n) is 26.2. The third-order valence-corrected chi connectivity index (χ3v) is 10.2. The highest BCUT2D eigenvalue weighted by Gasteiger charge is 2.70. The van der Waals surface area contributed by atoms with Gasteiger partial charge in [-0.15, -0.1) is 12.3 Å². The van der Waals surface area contributed by atoms with E-state index in [1.165, 1.54) is 13.8 Å². The zero-order valence-corrected chi connectivity index (χ0v) is 26.2. The molecule has 1 N–H and O–H groups in total. The average Bonchev–Trinajstić information content (AvgIpc) is 2.97. The Kier molecular flexibility index (Phi) is 8.57. The standard InChI is InChI=1S/C34H39NO10/c1-7-8-11-27(38)44-26-16-24-32(4,13-12-25(42-20(3)37)33(24,5)18-41-19(2)36)30-29(39)28-23(45-34(26,30)6)15-22(43-31(28)40)21-10-9-14-35-17-21/h1,9-10,14-15,17,24-26,29-30,39H,8,11-13,16,18H2,2-6H3/t24?,25-,26-,29?,30?,32-,33-,34+/m0/s1. The van der Waals surface area contributed by atoms with E-state index in [1.54, 1.807) is 37.5 Å². The van der Waals surface area contributed by atoms with Crippen molar-refractivity contribution in [2.75, 3.05) is 6.61 Å². The van der Waals surface area contributed by atoms with E-state index in [4.69, 9.17) is 29.8 Å². The fourth-order valence-corrected chi connectivity index (χ4v) is 8.23. The number of hydrogen-bond acceptors (Lipinski definition) is 11. The Labute approximate surface area is 261 Å². The third kappa shape index (κ3) is 5.61. The number of carbonyl (C=O) groups is 3. The van der Waals surface area contributed by atoms with Gasteiger partial charge in [-0.1, -0.05) is 13.8 Å². The van der Waals surface area contributed by atoms with Crippen molar-refractivity contribution < 1.29 is 42.9 Å². The molecule has 3 unspecified atom stereocenters. The molecule has 240 valence electrons. The summed E-state index contributed by atoms with van der Waals surface area (Å²) in [6.45, 7) is 8.20. The maximum absolute atomic E-state index is 13.5. The van der Waals surface area contributed by atoms with E-state index in [9.17, 15) is 24.3 Å². The quantitative estimate of drug-likeness (QED) is 0.270. The smallest absolute Gasteiger partial charge is 0.345 e. The van der Waals surface area contributed by atoms with Gasteiger partial charge in [-0.25, -0.2) is 4.79 Å². The Morgan fingerprint density at radius 2 is 1.91 bits per heavy atom. The molecule has 0 amide bonds. The van der Waals surface area contributed by atoms with Gasteiger partial charge >= 0.3 is 23.5 Å². The second-order valence-corrected chi connectivity index (χ2v) is 13.0. The molecule has 0 bridgehead atoms. The Hall–Kier alpha value is -4.17. The van der Waals surface area contributed by atoms with Crippen LogP contribution in [-0.2, 0) is 28.6 Å². The van der Waals surface area contributed by atoms with Gasteiger partial charge in [0.2, 0.25) is 0 Å². The summed E-state index contributed by atoms with van der Waals surface area (Å²) >= 11 is 0. The SMILES string of the molecule is C#CCCC(=O)O[C@H]1CC2[C@](C)(CC[C@H](OC(C)=O)[C@@]2(C)COC(C)=O)C2C(O)c3c(cc(-c4cccnc4)oc3=O)O[C@@]21C. The first-order chi connectivity index (χ1) is 21.2. The lowest BCUT2D eigenvalue weighted by Crippen LogP contribution is -2.71. The molecule has 0 aromatic carbocycles. The first kappa shape index (κ1) is 32.2. The molecule has 8 atom stereocenters. The summed E-state index contributed by atoms with van der Waals surface area (Å²) in [5, 5.41) is 12.2. The van der Waals surface area contributed by atoms with Crippen LogP contribution in [-0.4, -0.2) is 52.4 Å². The van der Waals surface area contributed by atoms with E-state index in [1.807, 2.05) is 13.8 Å². The summed E-state index contributed by atoms with van der Waals surface area (Å²) < 4.78 is 29.8. The van der Waals surface area contributed by atoms with Crippen molar-refractivity contribution in [1.29, 1.82) is 0 Å². The summed E-state index contributed by atoms with van der Waals surface area (Å²) in [5.74, 6) is 0.0486. The fraction of sp³-hybridized carbons (Fsp3) is 0.559. The van der Waals surface area contributed by atoms with Crippen molar-refractivity contribution in [1.82, 2.24) is 4.98 Å². The molecule has 2 aliphatic carbocycles. The van der Waals surface area contributed by atoms with Crippen molar-refractivity contribution >= 4 is 17.9 Å². The predicted molar refractivity (Wildman–Crippen MR) is 159 cm³/mol. The monoisotopic (exact) mass is 621 g/mol. The maximum atomic E-state index is 13.5. The number of aliphatic hydroxyl groups is 1. The molecule has 3 heterocycles. The lowest BCUT2D eigenvalue weighted by atomic mass is 9.42. The topological polar surface area (TPSA) is 151 Å². The van der Waals surface area contributed by atoms with Gasteiger partial charge in [-0.2, -0.15) is 0 Å². The summed E-state index contributed by atoms with van der Waals surface area (Å²) in [4.78, 5) is 54.9. The number of terminal acetylenes is 1. The molecular weight excluding hydrogens is 582 g/mol. The minimum absolute atomic E-state index is 0.0235. The molecule has 0 spiro atoms. The van der Waals surface area contributed by atoms with Crippen LogP contribution in [0.25, 0.3) is 11.3 Å². The van der Waals surface area contributed by atoms with Crippen molar-refractivity contribution in [3.05, 3.63) is 46.6 Å². The average molecular weight is 622 g/mol. The van der Waals surface area contributed by atoms with Gasteiger partial charge in [-0.05, 0) is 49.7 Å².